The predicted molar refractivity (Wildman–Crippen MR) is 78.7 cm³/mol. The third-order valence-corrected chi connectivity index (χ3v) is 3.42. The van der Waals surface area contributed by atoms with Crippen LogP contribution in [0.1, 0.15) is 16.7 Å². The topological polar surface area (TPSA) is 46.5 Å². The highest BCUT2D eigenvalue weighted by Gasteiger charge is 2.10. The number of ether oxygens (including phenoxy) is 1. The summed E-state index contributed by atoms with van der Waals surface area (Å²) in [4.78, 5) is 11.4. The molecule has 0 bridgehead atoms. The number of hydrogen-bond donors (Lipinski definition) is 1. The smallest absolute Gasteiger partial charge is 0.309 e. The monoisotopic (exact) mass is 270 g/mol. The van der Waals surface area contributed by atoms with Gasteiger partial charge < -0.3 is 9.84 Å². The van der Waals surface area contributed by atoms with Gasteiger partial charge in [0, 0.05) is 0 Å². The summed E-state index contributed by atoms with van der Waals surface area (Å²) in [6.07, 6.45) is 0.291. The molecule has 0 spiro atoms. The molecule has 0 atom stereocenters. The highest BCUT2D eigenvalue weighted by atomic mass is 16.5. The lowest BCUT2D eigenvalue weighted by atomic mass is 9.94. The number of rotatable bonds is 3. The molecular formula is C17H18O3. The molecule has 0 aliphatic heterocycles. The number of benzene rings is 2. The molecular weight excluding hydrogens is 252 g/mol. The Morgan fingerprint density at radius 3 is 2.35 bits per heavy atom. The van der Waals surface area contributed by atoms with Gasteiger partial charge >= 0.3 is 5.97 Å². The molecule has 1 N–H and O–H groups in total. The van der Waals surface area contributed by atoms with Gasteiger partial charge in [0.1, 0.15) is 5.75 Å². The fourth-order valence-electron chi connectivity index (χ4n) is 2.25. The third-order valence-electron chi connectivity index (χ3n) is 3.42. The zero-order chi connectivity index (χ0) is 14.7. The van der Waals surface area contributed by atoms with Gasteiger partial charge in [0.2, 0.25) is 0 Å². The fraction of sp³-hybridized carbons (Fsp3) is 0.235. The number of phenols is 1. The minimum atomic E-state index is -0.232. The van der Waals surface area contributed by atoms with Crippen molar-refractivity contribution >= 4 is 5.97 Å². The Morgan fingerprint density at radius 2 is 1.75 bits per heavy atom. The SMILES string of the molecule is COC(=O)Cc1cc(C)c(-c2ccc(O)cc2)cc1C. The summed E-state index contributed by atoms with van der Waals surface area (Å²) in [5.74, 6) is 0.0234. The highest BCUT2D eigenvalue weighted by Crippen LogP contribution is 2.28. The van der Waals surface area contributed by atoms with Gasteiger partial charge in [0.25, 0.3) is 0 Å². The Kier molecular flexibility index (Phi) is 4.08. The van der Waals surface area contributed by atoms with E-state index >= 15 is 0 Å². The maximum absolute atomic E-state index is 11.4. The summed E-state index contributed by atoms with van der Waals surface area (Å²) in [5.41, 5.74) is 5.30. The van der Waals surface area contributed by atoms with Crippen LogP contribution >= 0.6 is 0 Å². The summed E-state index contributed by atoms with van der Waals surface area (Å²) in [6.45, 7) is 4.00. The standard InChI is InChI=1S/C17H18O3/c1-11-9-16(13-4-6-15(18)7-5-13)12(2)8-14(11)10-17(19)20-3/h4-9,18H,10H2,1-3H3. The Labute approximate surface area is 118 Å². The first-order valence-corrected chi connectivity index (χ1v) is 6.47. The quantitative estimate of drug-likeness (QED) is 0.870. The van der Waals surface area contributed by atoms with Crippen LogP contribution < -0.4 is 0 Å². The molecule has 0 amide bonds. The Bertz CT molecular complexity index is 627. The van der Waals surface area contributed by atoms with Crippen molar-refractivity contribution in [1.29, 1.82) is 0 Å². The van der Waals surface area contributed by atoms with E-state index in [1.165, 1.54) is 7.11 Å². The molecule has 0 saturated carbocycles. The summed E-state index contributed by atoms with van der Waals surface area (Å²) >= 11 is 0. The van der Waals surface area contributed by atoms with Crippen molar-refractivity contribution in [1.82, 2.24) is 0 Å². The number of carbonyl (C=O) groups excluding carboxylic acids is 1. The van der Waals surface area contributed by atoms with Crippen molar-refractivity contribution < 1.29 is 14.6 Å². The first-order chi connectivity index (χ1) is 9.51. The molecule has 0 aliphatic rings. The lowest BCUT2D eigenvalue weighted by Crippen LogP contribution is -2.06. The summed E-state index contributed by atoms with van der Waals surface area (Å²) in [6, 6.07) is 11.2. The molecule has 3 heteroatoms. The largest absolute Gasteiger partial charge is 0.508 e. The number of aromatic hydroxyl groups is 1. The van der Waals surface area contributed by atoms with Crippen LogP contribution in [0.3, 0.4) is 0 Å². The molecule has 3 nitrogen and oxygen atoms in total. The molecule has 0 radical (unpaired) electrons. The van der Waals surface area contributed by atoms with Crippen molar-refractivity contribution in [2.75, 3.05) is 7.11 Å². The van der Waals surface area contributed by atoms with Gasteiger partial charge in [-0.15, -0.1) is 0 Å². The molecule has 0 heterocycles. The van der Waals surface area contributed by atoms with Crippen molar-refractivity contribution in [3.8, 4) is 16.9 Å². The second-order valence-electron chi connectivity index (χ2n) is 4.89. The molecule has 104 valence electrons. The average molecular weight is 270 g/mol. The van der Waals surface area contributed by atoms with Gasteiger partial charge in [-0.05, 0) is 53.8 Å². The minimum Gasteiger partial charge on any atom is -0.508 e. The third kappa shape index (κ3) is 2.99. The molecule has 20 heavy (non-hydrogen) atoms. The van der Waals surface area contributed by atoms with Crippen LogP contribution in [0, 0.1) is 13.8 Å². The molecule has 0 fully saturated rings. The van der Waals surface area contributed by atoms with Crippen molar-refractivity contribution in [2.24, 2.45) is 0 Å². The van der Waals surface area contributed by atoms with E-state index in [9.17, 15) is 9.90 Å². The van der Waals surface area contributed by atoms with Gasteiger partial charge in [-0.2, -0.15) is 0 Å². The normalized spacial score (nSPS) is 10.3. The van der Waals surface area contributed by atoms with E-state index in [0.29, 0.717) is 6.42 Å². The van der Waals surface area contributed by atoms with Crippen molar-refractivity contribution in [3.05, 3.63) is 53.1 Å². The molecule has 0 aromatic heterocycles. The van der Waals surface area contributed by atoms with E-state index in [2.05, 4.69) is 6.07 Å². The van der Waals surface area contributed by atoms with Crippen LogP contribution in [-0.4, -0.2) is 18.2 Å². The maximum atomic E-state index is 11.4. The second-order valence-corrected chi connectivity index (χ2v) is 4.89. The first-order valence-electron chi connectivity index (χ1n) is 6.47. The van der Waals surface area contributed by atoms with Gasteiger partial charge in [0.15, 0.2) is 0 Å². The van der Waals surface area contributed by atoms with E-state index in [1.54, 1.807) is 12.1 Å². The molecule has 2 aromatic rings. The first kappa shape index (κ1) is 14.1. The van der Waals surface area contributed by atoms with E-state index in [-0.39, 0.29) is 11.7 Å². The summed E-state index contributed by atoms with van der Waals surface area (Å²) in [5, 5.41) is 9.35. The van der Waals surface area contributed by atoms with E-state index in [0.717, 1.165) is 27.8 Å². The van der Waals surface area contributed by atoms with Gasteiger partial charge in [0.05, 0.1) is 13.5 Å². The van der Waals surface area contributed by atoms with Gasteiger partial charge in [-0.1, -0.05) is 24.3 Å². The number of phenolic OH excluding ortho intramolecular Hbond substituents is 1. The van der Waals surface area contributed by atoms with E-state index < -0.39 is 0 Å². The number of methoxy groups -OCH3 is 1. The second kappa shape index (κ2) is 5.78. The zero-order valence-electron chi connectivity index (χ0n) is 11.9. The molecule has 0 saturated heterocycles. The van der Waals surface area contributed by atoms with E-state index in [1.807, 2.05) is 32.0 Å². The summed E-state index contributed by atoms with van der Waals surface area (Å²) in [7, 11) is 1.40. The average Bonchev–Trinajstić information content (AvgIpc) is 2.43. The lowest BCUT2D eigenvalue weighted by molar-refractivity contribution is -0.139. The van der Waals surface area contributed by atoms with Crippen molar-refractivity contribution in [3.63, 3.8) is 0 Å². The Balaban J connectivity index is 2.40. The number of carbonyl (C=O) groups is 1. The van der Waals surface area contributed by atoms with Crippen LogP contribution in [0.25, 0.3) is 11.1 Å². The number of hydrogen-bond acceptors (Lipinski definition) is 3. The predicted octanol–water partition coefficient (Wildman–Crippen LogP) is 3.39. The lowest BCUT2D eigenvalue weighted by Gasteiger charge is -2.12. The highest BCUT2D eigenvalue weighted by molar-refractivity contribution is 5.75. The summed E-state index contributed by atoms with van der Waals surface area (Å²) < 4.78 is 4.71. The zero-order valence-corrected chi connectivity index (χ0v) is 11.9. The van der Waals surface area contributed by atoms with Gasteiger partial charge in [-0.3, -0.25) is 4.79 Å². The van der Waals surface area contributed by atoms with E-state index in [4.69, 9.17) is 4.74 Å². The molecule has 2 rings (SSSR count). The fourth-order valence-corrected chi connectivity index (χ4v) is 2.25. The molecule has 0 aliphatic carbocycles. The van der Waals surface area contributed by atoms with Crippen LogP contribution in [0.15, 0.2) is 36.4 Å². The number of aryl methyl sites for hydroxylation is 2. The minimum absolute atomic E-state index is 0.232. The Hall–Kier alpha value is -2.29. The number of esters is 1. The molecule has 0 unspecified atom stereocenters. The van der Waals surface area contributed by atoms with Crippen LogP contribution in [0.4, 0.5) is 0 Å². The maximum Gasteiger partial charge on any atom is 0.309 e. The Morgan fingerprint density at radius 1 is 1.10 bits per heavy atom. The van der Waals surface area contributed by atoms with Crippen LogP contribution in [0.5, 0.6) is 5.75 Å². The van der Waals surface area contributed by atoms with Crippen LogP contribution in [0.2, 0.25) is 0 Å². The van der Waals surface area contributed by atoms with Crippen molar-refractivity contribution in [2.45, 2.75) is 20.3 Å². The van der Waals surface area contributed by atoms with Crippen LogP contribution in [-0.2, 0) is 16.0 Å². The van der Waals surface area contributed by atoms with Gasteiger partial charge in [-0.25, -0.2) is 0 Å². The molecule has 2 aromatic carbocycles.